The lowest BCUT2D eigenvalue weighted by Gasteiger charge is -2.20. The van der Waals surface area contributed by atoms with E-state index in [0.717, 1.165) is 31.4 Å². The van der Waals surface area contributed by atoms with Crippen molar-refractivity contribution in [3.8, 4) is 0 Å². The van der Waals surface area contributed by atoms with E-state index in [-0.39, 0.29) is 11.8 Å². The first-order valence-electron chi connectivity index (χ1n) is 6.01. The largest absolute Gasteiger partial charge is 0.481 e. The molecule has 1 atom stereocenters. The second kappa shape index (κ2) is 6.14. The maximum absolute atomic E-state index is 10.5. The summed E-state index contributed by atoms with van der Waals surface area (Å²) in [7, 11) is 0. The molecule has 0 aromatic carbocycles. The average molecular weight is 271 g/mol. The lowest BCUT2D eigenvalue weighted by atomic mass is 10.3. The Bertz CT molecular complexity index is 405. The molecular formula is C10H17N5O2S. The van der Waals surface area contributed by atoms with Gasteiger partial charge in [-0.25, -0.2) is 4.68 Å². The number of carboxylic acid groups (broad SMARTS) is 1. The van der Waals surface area contributed by atoms with Gasteiger partial charge in [-0.3, -0.25) is 4.79 Å². The molecule has 0 bridgehead atoms. The monoisotopic (exact) mass is 271 g/mol. The molecule has 0 radical (unpaired) electrons. The summed E-state index contributed by atoms with van der Waals surface area (Å²) < 4.78 is 1.71. The van der Waals surface area contributed by atoms with Gasteiger partial charge in [0, 0.05) is 6.54 Å². The molecule has 1 saturated heterocycles. The highest BCUT2D eigenvalue weighted by Gasteiger charge is 2.19. The molecule has 1 aromatic heterocycles. The minimum Gasteiger partial charge on any atom is -0.481 e. The zero-order chi connectivity index (χ0) is 13.0. The van der Waals surface area contributed by atoms with Crippen LogP contribution in [0, 0.1) is 0 Å². The fourth-order valence-electron chi connectivity index (χ4n) is 2.10. The average Bonchev–Trinajstić information content (AvgIpc) is 2.96. The Morgan fingerprint density at radius 3 is 2.89 bits per heavy atom. The number of hydrogen-bond donors (Lipinski definition) is 1. The van der Waals surface area contributed by atoms with E-state index in [0.29, 0.717) is 5.16 Å². The van der Waals surface area contributed by atoms with Crippen molar-refractivity contribution in [1.29, 1.82) is 0 Å². The highest BCUT2D eigenvalue weighted by molar-refractivity contribution is 7.99. The van der Waals surface area contributed by atoms with Gasteiger partial charge in [0.25, 0.3) is 0 Å². The summed E-state index contributed by atoms with van der Waals surface area (Å²) in [4.78, 5) is 12.9. The van der Waals surface area contributed by atoms with Crippen molar-refractivity contribution in [2.75, 3.05) is 25.4 Å². The van der Waals surface area contributed by atoms with E-state index in [2.05, 4.69) is 27.3 Å². The molecule has 0 aliphatic carbocycles. The summed E-state index contributed by atoms with van der Waals surface area (Å²) in [5, 5.41) is 20.7. The van der Waals surface area contributed by atoms with Crippen LogP contribution in [0.3, 0.4) is 0 Å². The van der Waals surface area contributed by atoms with Crippen molar-refractivity contribution in [2.24, 2.45) is 0 Å². The number of carboxylic acids is 1. The molecule has 0 spiro atoms. The number of likely N-dealkylation sites (tertiary alicyclic amines) is 1. The fraction of sp³-hybridized carbons (Fsp3) is 0.800. The Labute approximate surface area is 110 Å². The third kappa shape index (κ3) is 3.42. The van der Waals surface area contributed by atoms with E-state index < -0.39 is 5.97 Å². The van der Waals surface area contributed by atoms with Gasteiger partial charge in [-0.2, -0.15) is 0 Å². The highest BCUT2D eigenvalue weighted by atomic mass is 32.2. The maximum atomic E-state index is 10.5. The first kappa shape index (κ1) is 13.3. The molecule has 100 valence electrons. The molecule has 8 heteroatoms. The molecule has 1 fully saturated rings. The van der Waals surface area contributed by atoms with Crippen molar-refractivity contribution >= 4 is 17.7 Å². The van der Waals surface area contributed by atoms with Crippen LogP contribution in [0.4, 0.5) is 0 Å². The van der Waals surface area contributed by atoms with Gasteiger partial charge in [-0.15, -0.1) is 5.10 Å². The Morgan fingerprint density at radius 1 is 1.50 bits per heavy atom. The van der Waals surface area contributed by atoms with Crippen molar-refractivity contribution in [2.45, 2.75) is 31.0 Å². The zero-order valence-electron chi connectivity index (χ0n) is 10.3. The predicted octanol–water partition coefficient (Wildman–Crippen LogP) is 0.507. The van der Waals surface area contributed by atoms with E-state index in [1.54, 1.807) is 4.68 Å². The van der Waals surface area contributed by atoms with Gasteiger partial charge in [0.2, 0.25) is 5.16 Å². The smallest absolute Gasteiger partial charge is 0.313 e. The second-order valence-electron chi connectivity index (χ2n) is 4.45. The summed E-state index contributed by atoms with van der Waals surface area (Å²) in [6, 6.07) is 0.161. The predicted molar refractivity (Wildman–Crippen MR) is 66.6 cm³/mol. The van der Waals surface area contributed by atoms with Crippen LogP contribution in [-0.2, 0) is 4.79 Å². The lowest BCUT2D eigenvalue weighted by Crippen LogP contribution is -2.28. The molecule has 1 unspecified atom stereocenters. The maximum Gasteiger partial charge on any atom is 0.313 e. The Morgan fingerprint density at radius 2 is 2.22 bits per heavy atom. The van der Waals surface area contributed by atoms with E-state index in [4.69, 9.17) is 5.11 Å². The summed E-state index contributed by atoms with van der Waals surface area (Å²) >= 11 is 1.16. The van der Waals surface area contributed by atoms with Crippen molar-refractivity contribution < 1.29 is 9.90 Å². The topological polar surface area (TPSA) is 84.1 Å². The van der Waals surface area contributed by atoms with Gasteiger partial charge in [0.1, 0.15) is 0 Å². The van der Waals surface area contributed by atoms with Crippen LogP contribution in [0.15, 0.2) is 5.16 Å². The van der Waals surface area contributed by atoms with E-state index in [9.17, 15) is 4.79 Å². The quantitative estimate of drug-likeness (QED) is 0.754. The molecule has 1 aliphatic rings. The van der Waals surface area contributed by atoms with Crippen LogP contribution in [0.2, 0.25) is 0 Å². The van der Waals surface area contributed by atoms with Crippen molar-refractivity contribution in [3.63, 3.8) is 0 Å². The third-order valence-electron chi connectivity index (χ3n) is 2.93. The third-order valence-corrected chi connectivity index (χ3v) is 3.84. The minimum absolute atomic E-state index is 0.0171. The highest BCUT2D eigenvalue weighted by Crippen LogP contribution is 2.19. The molecule has 7 nitrogen and oxygen atoms in total. The Kier molecular flexibility index (Phi) is 4.54. The van der Waals surface area contributed by atoms with E-state index in [1.165, 1.54) is 12.8 Å². The van der Waals surface area contributed by atoms with Gasteiger partial charge in [0.05, 0.1) is 11.8 Å². The van der Waals surface area contributed by atoms with E-state index >= 15 is 0 Å². The van der Waals surface area contributed by atoms with Gasteiger partial charge in [-0.1, -0.05) is 11.8 Å². The molecular weight excluding hydrogens is 254 g/mol. The molecule has 1 aromatic rings. The summed E-state index contributed by atoms with van der Waals surface area (Å²) in [6.45, 7) is 5.22. The number of carbonyl (C=O) groups is 1. The summed E-state index contributed by atoms with van der Waals surface area (Å²) in [5.41, 5.74) is 0. The SMILES string of the molecule is CC(CN1CCCC1)n1nnnc1SCC(=O)O. The molecule has 18 heavy (non-hydrogen) atoms. The number of aromatic nitrogens is 4. The Balaban J connectivity index is 1.94. The van der Waals surface area contributed by atoms with Crippen molar-refractivity contribution in [3.05, 3.63) is 0 Å². The minimum atomic E-state index is -0.859. The number of hydrogen-bond acceptors (Lipinski definition) is 6. The van der Waals surface area contributed by atoms with Crippen molar-refractivity contribution in [1.82, 2.24) is 25.1 Å². The van der Waals surface area contributed by atoms with Crippen LogP contribution < -0.4 is 0 Å². The first-order valence-corrected chi connectivity index (χ1v) is 7.00. The number of tetrazole rings is 1. The number of aliphatic carboxylic acids is 1. The standard InChI is InChI=1S/C10H17N5O2S/c1-8(6-14-4-2-3-5-14)15-10(11-12-13-15)18-7-9(16)17/h8H,2-7H2,1H3,(H,16,17). The molecule has 2 heterocycles. The molecule has 1 N–H and O–H groups in total. The van der Waals surface area contributed by atoms with Gasteiger partial charge in [0.15, 0.2) is 0 Å². The van der Waals surface area contributed by atoms with Crippen LogP contribution in [0.5, 0.6) is 0 Å². The Hall–Kier alpha value is -1.15. The zero-order valence-corrected chi connectivity index (χ0v) is 11.1. The number of nitrogens with zero attached hydrogens (tertiary/aromatic N) is 5. The number of thioether (sulfide) groups is 1. The van der Waals surface area contributed by atoms with Gasteiger partial charge >= 0.3 is 5.97 Å². The number of rotatable bonds is 6. The second-order valence-corrected chi connectivity index (χ2v) is 5.39. The van der Waals surface area contributed by atoms with E-state index in [1.807, 2.05) is 0 Å². The van der Waals surface area contributed by atoms with Crippen LogP contribution in [-0.4, -0.2) is 61.6 Å². The van der Waals surface area contributed by atoms with Gasteiger partial charge < -0.3 is 10.0 Å². The molecule has 1 aliphatic heterocycles. The van der Waals surface area contributed by atoms with Gasteiger partial charge in [-0.05, 0) is 43.3 Å². The molecule has 2 rings (SSSR count). The first-order chi connectivity index (χ1) is 8.66. The summed E-state index contributed by atoms with van der Waals surface area (Å²) in [6.07, 6.45) is 2.51. The normalized spacial score (nSPS) is 18.1. The van der Waals surface area contributed by atoms with Crippen LogP contribution in [0.25, 0.3) is 0 Å². The van der Waals surface area contributed by atoms with Crippen LogP contribution >= 0.6 is 11.8 Å². The summed E-state index contributed by atoms with van der Waals surface area (Å²) in [5.74, 6) is -0.877. The molecule has 0 saturated carbocycles. The fourth-order valence-corrected chi connectivity index (χ4v) is 2.80. The molecule has 0 amide bonds. The van der Waals surface area contributed by atoms with Crippen LogP contribution in [0.1, 0.15) is 25.8 Å². The lowest BCUT2D eigenvalue weighted by molar-refractivity contribution is -0.133.